The Hall–Kier alpha value is -0.570. The van der Waals surface area contributed by atoms with Gasteiger partial charge in [0, 0.05) is 5.54 Å². The highest BCUT2D eigenvalue weighted by molar-refractivity contribution is 5.68. The molecule has 0 aromatic heterocycles. The second kappa shape index (κ2) is 3.01. The average molecular weight is 145 g/mol. The lowest BCUT2D eigenvalue weighted by atomic mass is 10.00. The van der Waals surface area contributed by atoms with Crippen LogP contribution >= 0.6 is 0 Å². The Morgan fingerprint density at radius 2 is 1.90 bits per heavy atom. The molecular weight excluding hydrogens is 130 g/mol. The third-order valence-electron chi connectivity index (χ3n) is 1.79. The minimum absolute atomic E-state index is 0.181. The van der Waals surface area contributed by atoms with E-state index in [0.717, 1.165) is 0 Å². The van der Waals surface area contributed by atoms with Crippen LogP contribution in [0.25, 0.3) is 0 Å². The van der Waals surface area contributed by atoms with Crippen LogP contribution in [-0.2, 0) is 4.79 Å². The molecule has 60 valence electrons. The van der Waals surface area contributed by atoms with Gasteiger partial charge in [-0.2, -0.15) is 0 Å². The van der Waals surface area contributed by atoms with Crippen LogP contribution < -0.4 is 0 Å². The van der Waals surface area contributed by atoms with Crippen molar-refractivity contribution in [1.82, 2.24) is 4.90 Å². The van der Waals surface area contributed by atoms with Crippen molar-refractivity contribution < 1.29 is 9.90 Å². The SMILES string of the molecule is CN(C)C(C)(C)CC(=O)O. The van der Waals surface area contributed by atoms with E-state index in [-0.39, 0.29) is 12.0 Å². The van der Waals surface area contributed by atoms with Gasteiger partial charge in [0.05, 0.1) is 6.42 Å². The molecule has 0 fully saturated rings. The molecule has 0 aliphatic rings. The predicted molar refractivity (Wildman–Crippen MR) is 40.0 cm³/mol. The fourth-order valence-electron chi connectivity index (χ4n) is 0.528. The van der Waals surface area contributed by atoms with Crippen molar-refractivity contribution in [2.24, 2.45) is 0 Å². The molecule has 0 radical (unpaired) electrons. The van der Waals surface area contributed by atoms with Gasteiger partial charge < -0.3 is 10.0 Å². The zero-order chi connectivity index (χ0) is 8.36. The Morgan fingerprint density at radius 1 is 1.50 bits per heavy atom. The predicted octanol–water partition coefficient (Wildman–Crippen LogP) is 0.801. The molecule has 0 aromatic rings. The van der Waals surface area contributed by atoms with Crippen molar-refractivity contribution in [2.45, 2.75) is 25.8 Å². The Morgan fingerprint density at radius 3 is 2.00 bits per heavy atom. The third kappa shape index (κ3) is 2.82. The normalized spacial score (nSPS) is 12.1. The lowest BCUT2D eigenvalue weighted by Gasteiger charge is -2.30. The first kappa shape index (κ1) is 9.43. The van der Waals surface area contributed by atoms with E-state index in [1.54, 1.807) is 0 Å². The largest absolute Gasteiger partial charge is 0.481 e. The zero-order valence-corrected chi connectivity index (χ0v) is 7.01. The number of hydrogen-bond acceptors (Lipinski definition) is 2. The molecule has 1 N–H and O–H groups in total. The number of carboxylic acid groups (broad SMARTS) is 1. The molecule has 0 aromatic carbocycles. The van der Waals surface area contributed by atoms with Gasteiger partial charge in [0.2, 0.25) is 0 Å². The first-order chi connectivity index (χ1) is 4.36. The molecule has 3 heteroatoms. The van der Waals surface area contributed by atoms with Crippen LogP contribution in [0.2, 0.25) is 0 Å². The Balaban J connectivity index is 3.99. The van der Waals surface area contributed by atoms with Gasteiger partial charge in [-0.25, -0.2) is 0 Å². The van der Waals surface area contributed by atoms with Gasteiger partial charge in [0.1, 0.15) is 0 Å². The van der Waals surface area contributed by atoms with Crippen LogP contribution in [0.5, 0.6) is 0 Å². The summed E-state index contributed by atoms with van der Waals surface area (Å²) < 4.78 is 0. The Labute approximate surface area is 61.6 Å². The first-order valence-electron chi connectivity index (χ1n) is 3.25. The van der Waals surface area contributed by atoms with Crippen molar-refractivity contribution in [3.63, 3.8) is 0 Å². The highest BCUT2D eigenvalue weighted by Gasteiger charge is 2.23. The smallest absolute Gasteiger partial charge is 0.305 e. The van der Waals surface area contributed by atoms with Crippen molar-refractivity contribution in [3.05, 3.63) is 0 Å². The summed E-state index contributed by atoms with van der Waals surface area (Å²) in [5.41, 5.74) is -0.244. The van der Waals surface area contributed by atoms with Crippen molar-refractivity contribution >= 4 is 5.97 Å². The minimum atomic E-state index is -0.751. The van der Waals surface area contributed by atoms with Gasteiger partial charge >= 0.3 is 5.97 Å². The van der Waals surface area contributed by atoms with Crippen LogP contribution in [0.4, 0.5) is 0 Å². The summed E-state index contributed by atoms with van der Waals surface area (Å²) in [5.74, 6) is -0.751. The maximum atomic E-state index is 10.3. The first-order valence-corrected chi connectivity index (χ1v) is 3.25. The van der Waals surface area contributed by atoms with Gasteiger partial charge in [0.25, 0.3) is 0 Å². The highest BCUT2D eigenvalue weighted by atomic mass is 16.4. The molecule has 3 nitrogen and oxygen atoms in total. The summed E-state index contributed by atoms with van der Waals surface area (Å²) >= 11 is 0. The van der Waals surface area contributed by atoms with Gasteiger partial charge in [-0.05, 0) is 27.9 Å². The van der Waals surface area contributed by atoms with E-state index in [1.807, 2.05) is 32.8 Å². The van der Waals surface area contributed by atoms with Crippen molar-refractivity contribution in [2.75, 3.05) is 14.1 Å². The van der Waals surface area contributed by atoms with Crippen LogP contribution in [-0.4, -0.2) is 35.6 Å². The van der Waals surface area contributed by atoms with E-state index >= 15 is 0 Å². The number of carboxylic acids is 1. The van der Waals surface area contributed by atoms with Crippen LogP contribution in [0, 0.1) is 0 Å². The molecule has 0 saturated carbocycles. The fraction of sp³-hybridized carbons (Fsp3) is 0.857. The minimum Gasteiger partial charge on any atom is -0.481 e. The quantitative estimate of drug-likeness (QED) is 0.638. The third-order valence-corrected chi connectivity index (χ3v) is 1.79. The Bertz CT molecular complexity index is 130. The van der Waals surface area contributed by atoms with E-state index in [9.17, 15) is 4.79 Å². The summed E-state index contributed by atoms with van der Waals surface area (Å²) in [4.78, 5) is 12.2. The molecule has 10 heavy (non-hydrogen) atoms. The van der Waals surface area contributed by atoms with Crippen molar-refractivity contribution in [3.8, 4) is 0 Å². The molecule has 0 bridgehead atoms. The second-order valence-corrected chi connectivity index (χ2v) is 3.28. The van der Waals surface area contributed by atoms with Gasteiger partial charge in [-0.1, -0.05) is 0 Å². The lowest BCUT2D eigenvalue weighted by Crippen LogP contribution is -2.39. The van der Waals surface area contributed by atoms with Gasteiger partial charge in [0.15, 0.2) is 0 Å². The number of carbonyl (C=O) groups is 1. The molecule has 0 aliphatic carbocycles. The van der Waals surface area contributed by atoms with Crippen LogP contribution in [0.15, 0.2) is 0 Å². The average Bonchev–Trinajstić information content (AvgIpc) is 1.60. The van der Waals surface area contributed by atoms with E-state index in [4.69, 9.17) is 5.11 Å². The molecule has 0 saturated heterocycles. The number of hydrogen-bond donors (Lipinski definition) is 1. The van der Waals surface area contributed by atoms with E-state index in [2.05, 4.69) is 0 Å². The lowest BCUT2D eigenvalue weighted by molar-refractivity contribution is -0.139. The summed E-state index contributed by atoms with van der Waals surface area (Å²) in [5, 5.41) is 8.47. The number of aliphatic carboxylic acids is 1. The second-order valence-electron chi connectivity index (χ2n) is 3.28. The van der Waals surface area contributed by atoms with Crippen LogP contribution in [0.1, 0.15) is 20.3 Å². The maximum Gasteiger partial charge on any atom is 0.305 e. The van der Waals surface area contributed by atoms with Gasteiger partial charge in [-0.3, -0.25) is 4.79 Å². The maximum absolute atomic E-state index is 10.3. The Kier molecular flexibility index (Phi) is 2.84. The molecule has 0 amide bonds. The topological polar surface area (TPSA) is 40.5 Å². The fourth-order valence-corrected chi connectivity index (χ4v) is 0.528. The zero-order valence-electron chi connectivity index (χ0n) is 7.01. The van der Waals surface area contributed by atoms with Crippen LogP contribution in [0.3, 0.4) is 0 Å². The standard InChI is InChI=1S/C7H15NO2/c1-7(2,8(3)4)5-6(9)10/h5H2,1-4H3,(H,9,10). The number of nitrogens with zero attached hydrogens (tertiary/aromatic N) is 1. The summed E-state index contributed by atoms with van der Waals surface area (Å²) in [6.45, 7) is 3.81. The summed E-state index contributed by atoms with van der Waals surface area (Å²) in [6, 6.07) is 0. The summed E-state index contributed by atoms with van der Waals surface area (Å²) in [6.07, 6.45) is 0.181. The molecule has 0 rings (SSSR count). The molecule has 0 atom stereocenters. The van der Waals surface area contributed by atoms with E-state index < -0.39 is 5.97 Å². The van der Waals surface area contributed by atoms with E-state index in [0.29, 0.717) is 0 Å². The van der Waals surface area contributed by atoms with E-state index in [1.165, 1.54) is 0 Å². The summed E-state index contributed by atoms with van der Waals surface area (Å²) in [7, 11) is 3.76. The van der Waals surface area contributed by atoms with Crippen molar-refractivity contribution in [1.29, 1.82) is 0 Å². The molecule has 0 aliphatic heterocycles. The molecular formula is C7H15NO2. The number of rotatable bonds is 3. The molecule has 0 unspecified atom stereocenters. The highest BCUT2D eigenvalue weighted by Crippen LogP contribution is 2.14. The van der Waals surface area contributed by atoms with Gasteiger partial charge in [-0.15, -0.1) is 0 Å². The molecule has 0 spiro atoms. The molecule has 0 heterocycles. The monoisotopic (exact) mass is 145 g/mol.